The molecule has 2 aromatic rings. The molecule has 0 unspecified atom stereocenters. The topological polar surface area (TPSA) is 0 Å². The summed E-state index contributed by atoms with van der Waals surface area (Å²) in [7, 11) is 0. The molecule has 0 nitrogen and oxygen atoms in total. The molecule has 0 fully saturated rings. The second-order valence-corrected chi connectivity index (χ2v) is 10.0. The highest BCUT2D eigenvalue weighted by Gasteiger charge is 2.35. The van der Waals surface area contributed by atoms with Crippen LogP contribution in [-0.4, -0.2) is 0 Å². The molecule has 128 valence electrons. The van der Waals surface area contributed by atoms with E-state index in [0.717, 1.165) is 6.42 Å². The SMILES string of the molecule is CC(C)(C)c1ccc2c(c1)Cc1cc(C(C)(C)C(C)(C)C)ccc1-2. The van der Waals surface area contributed by atoms with E-state index in [2.05, 4.69) is 91.8 Å². The molecule has 0 aliphatic heterocycles. The summed E-state index contributed by atoms with van der Waals surface area (Å²) in [5, 5.41) is 0. The van der Waals surface area contributed by atoms with Crippen molar-refractivity contribution >= 4 is 0 Å². The summed E-state index contributed by atoms with van der Waals surface area (Å²) >= 11 is 0. The summed E-state index contributed by atoms with van der Waals surface area (Å²) in [6.07, 6.45) is 1.07. The van der Waals surface area contributed by atoms with E-state index in [1.807, 2.05) is 0 Å². The number of hydrogen-bond acceptors (Lipinski definition) is 0. The van der Waals surface area contributed by atoms with Gasteiger partial charge in [-0.1, -0.05) is 91.8 Å². The van der Waals surface area contributed by atoms with Gasteiger partial charge in [0, 0.05) is 0 Å². The van der Waals surface area contributed by atoms with Crippen LogP contribution in [0, 0.1) is 5.41 Å². The largest absolute Gasteiger partial charge is 0.0593 e. The Morgan fingerprint density at radius 3 is 1.54 bits per heavy atom. The predicted octanol–water partition coefficient (Wildman–Crippen LogP) is 6.88. The lowest BCUT2D eigenvalue weighted by Crippen LogP contribution is -2.33. The smallest absolute Gasteiger partial charge is 0.00132 e. The van der Waals surface area contributed by atoms with Gasteiger partial charge in [0.15, 0.2) is 0 Å². The number of fused-ring (bicyclic) bond motifs is 3. The maximum Gasteiger partial charge on any atom is -0.00132 e. The van der Waals surface area contributed by atoms with E-state index >= 15 is 0 Å². The Labute approximate surface area is 148 Å². The Balaban J connectivity index is 2.03. The van der Waals surface area contributed by atoms with Gasteiger partial charge >= 0.3 is 0 Å². The zero-order chi connectivity index (χ0) is 17.9. The van der Waals surface area contributed by atoms with Gasteiger partial charge in [0.2, 0.25) is 0 Å². The molecule has 0 radical (unpaired) electrons. The van der Waals surface area contributed by atoms with Gasteiger partial charge in [-0.25, -0.2) is 0 Å². The molecule has 24 heavy (non-hydrogen) atoms. The summed E-state index contributed by atoms with van der Waals surface area (Å²) in [5.41, 5.74) is 9.34. The van der Waals surface area contributed by atoms with Crippen molar-refractivity contribution in [3.05, 3.63) is 58.7 Å². The average Bonchev–Trinajstić information content (AvgIpc) is 2.81. The van der Waals surface area contributed by atoms with Gasteiger partial charge in [-0.15, -0.1) is 0 Å². The summed E-state index contributed by atoms with van der Waals surface area (Å²) in [6.45, 7) is 18.6. The van der Waals surface area contributed by atoms with Crippen molar-refractivity contribution in [1.82, 2.24) is 0 Å². The third-order valence-corrected chi connectivity index (χ3v) is 6.34. The maximum absolute atomic E-state index is 2.46. The van der Waals surface area contributed by atoms with Crippen molar-refractivity contribution in [3.8, 4) is 11.1 Å². The van der Waals surface area contributed by atoms with Gasteiger partial charge in [0.25, 0.3) is 0 Å². The van der Waals surface area contributed by atoms with Crippen molar-refractivity contribution in [2.45, 2.75) is 72.6 Å². The third-order valence-electron chi connectivity index (χ3n) is 6.34. The normalized spacial score (nSPS) is 14.5. The molecule has 0 spiro atoms. The highest BCUT2D eigenvalue weighted by atomic mass is 14.4. The molecule has 0 atom stereocenters. The van der Waals surface area contributed by atoms with Crippen LogP contribution in [0.3, 0.4) is 0 Å². The Morgan fingerprint density at radius 1 is 0.625 bits per heavy atom. The summed E-state index contributed by atoms with van der Waals surface area (Å²) < 4.78 is 0. The maximum atomic E-state index is 2.46. The number of hydrogen-bond donors (Lipinski definition) is 0. The molecular formula is C24H32. The highest BCUT2D eigenvalue weighted by Crippen LogP contribution is 2.44. The standard InChI is InChI=1S/C24H32/c1-22(2,3)18-9-11-20-16(14-18)13-17-15-19(10-12-21(17)20)24(7,8)23(4,5)6/h9-12,14-15H,13H2,1-8H3. The van der Waals surface area contributed by atoms with E-state index in [0.29, 0.717) is 0 Å². The van der Waals surface area contributed by atoms with E-state index < -0.39 is 0 Å². The lowest BCUT2D eigenvalue weighted by molar-refractivity contribution is 0.225. The molecular weight excluding hydrogens is 288 g/mol. The minimum absolute atomic E-state index is 0.160. The van der Waals surface area contributed by atoms with Gasteiger partial charge in [-0.3, -0.25) is 0 Å². The third kappa shape index (κ3) is 2.70. The molecule has 0 saturated heterocycles. The molecule has 2 aromatic carbocycles. The molecule has 0 heterocycles. The van der Waals surface area contributed by atoms with Crippen LogP contribution in [0.1, 0.15) is 77.6 Å². The van der Waals surface area contributed by atoms with Gasteiger partial charge in [-0.05, 0) is 56.0 Å². The Bertz CT molecular complexity index is 777. The van der Waals surface area contributed by atoms with Crippen molar-refractivity contribution < 1.29 is 0 Å². The van der Waals surface area contributed by atoms with E-state index in [1.165, 1.54) is 33.4 Å². The van der Waals surface area contributed by atoms with Crippen molar-refractivity contribution in [3.63, 3.8) is 0 Å². The first-order chi connectivity index (χ1) is 10.9. The summed E-state index contributed by atoms with van der Waals surface area (Å²) in [4.78, 5) is 0. The first-order valence-electron chi connectivity index (χ1n) is 9.18. The van der Waals surface area contributed by atoms with Gasteiger partial charge < -0.3 is 0 Å². The zero-order valence-corrected chi connectivity index (χ0v) is 16.7. The monoisotopic (exact) mass is 320 g/mol. The lowest BCUT2D eigenvalue weighted by atomic mass is 9.65. The van der Waals surface area contributed by atoms with Crippen LogP contribution in [0.4, 0.5) is 0 Å². The van der Waals surface area contributed by atoms with Gasteiger partial charge in [0.05, 0.1) is 0 Å². The molecule has 0 bridgehead atoms. The fraction of sp³-hybridized carbons (Fsp3) is 0.500. The van der Waals surface area contributed by atoms with Crippen LogP contribution >= 0.6 is 0 Å². The van der Waals surface area contributed by atoms with E-state index in [4.69, 9.17) is 0 Å². The molecule has 0 heteroatoms. The van der Waals surface area contributed by atoms with Crippen molar-refractivity contribution in [2.75, 3.05) is 0 Å². The highest BCUT2D eigenvalue weighted by molar-refractivity contribution is 5.77. The van der Waals surface area contributed by atoms with Crippen LogP contribution in [0.5, 0.6) is 0 Å². The quantitative estimate of drug-likeness (QED) is 0.458. The number of benzene rings is 2. The second-order valence-electron chi connectivity index (χ2n) is 10.0. The Kier molecular flexibility index (Phi) is 3.75. The van der Waals surface area contributed by atoms with Crippen LogP contribution in [0.25, 0.3) is 11.1 Å². The lowest BCUT2D eigenvalue weighted by Gasteiger charge is -2.39. The molecule has 0 aromatic heterocycles. The second kappa shape index (κ2) is 5.22. The van der Waals surface area contributed by atoms with Crippen LogP contribution in [0.15, 0.2) is 36.4 Å². The van der Waals surface area contributed by atoms with Gasteiger partial charge in [-0.2, -0.15) is 0 Å². The molecule has 3 rings (SSSR count). The Morgan fingerprint density at radius 2 is 1.08 bits per heavy atom. The first-order valence-corrected chi connectivity index (χ1v) is 9.18. The Hall–Kier alpha value is -1.56. The molecule has 1 aliphatic rings. The zero-order valence-electron chi connectivity index (χ0n) is 16.7. The minimum atomic E-state index is 0.160. The van der Waals surface area contributed by atoms with Crippen LogP contribution in [0.2, 0.25) is 0 Å². The molecule has 1 aliphatic carbocycles. The fourth-order valence-electron chi connectivity index (χ4n) is 3.50. The van der Waals surface area contributed by atoms with E-state index in [1.54, 1.807) is 0 Å². The summed E-state index contributed by atoms with van der Waals surface area (Å²) in [6, 6.07) is 14.2. The average molecular weight is 321 g/mol. The molecule has 0 amide bonds. The van der Waals surface area contributed by atoms with Crippen LogP contribution in [-0.2, 0) is 17.3 Å². The van der Waals surface area contributed by atoms with Crippen molar-refractivity contribution in [1.29, 1.82) is 0 Å². The fourth-order valence-corrected chi connectivity index (χ4v) is 3.50. The van der Waals surface area contributed by atoms with Crippen molar-refractivity contribution in [2.24, 2.45) is 5.41 Å². The minimum Gasteiger partial charge on any atom is -0.0593 e. The first kappa shape index (κ1) is 17.3. The van der Waals surface area contributed by atoms with E-state index in [-0.39, 0.29) is 16.2 Å². The number of rotatable bonds is 1. The van der Waals surface area contributed by atoms with Gasteiger partial charge in [0.1, 0.15) is 0 Å². The molecule has 0 saturated carbocycles. The summed E-state index contributed by atoms with van der Waals surface area (Å²) in [5.74, 6) is 0. The predicted molar refractivity (Wildman–Crippen MR) is 106 cm³/mol. The van der Waals surface area contributed by atoms with E-state index in [9.17, 15) is 0 Å². The molecule has 0 N–H and O–H groups in total. The van der Waals surface area contributed by atoms with Crippen LogP contribution < -0.4 is 0 Å².